The maximum atomic E-state index is 10.3. The van der Waals surface area contributed by atoms with Crippen molar-refractivity contribution in [3.8, 4) is 34.5 Å². The molecular weight excluding hydrogens is 360 g/mol. The number of aromatic carboxylic acids is 2. The van der Waals surface area contributed by atoms with Gasteiger partial charge in [0.25, 0.3) is 0 Å². The van der Waals surface area contributed by atoms with Gasteiger partial charge in [0.2, 0.25) is 0 Å². The molecule has 11 heteroatoms. The SMILES string of the molecule is O=C(O)c1cc(O)c(O)c(O)c1.O=C(O)c1cc(O)c(O)c(O)c1.S. The van der Waals surface area contributed by atoms with E-state index < -0.39 is 46.4 Å². The zero-order valence-corrected chi connectivity index (χ0v) is 13.2. The fourth-order valence-corrected chi connectivity index (χ4v) is 1.46. The van der Waals surface area contributed by atoms with E-state index in [-0.39, 0.29) is 24.6 Å². The lowest BCUT2D eigenvalue weighted by Crippen LogP contribution is -1.95. The van der Waals surface area contributed by atoms with Crippen molar-refractivity contribution in [1.29, 1.82) is 0 Å². The van der Waals surface area contributed by atoms with Gasteiger partial charge in [0, 0.05) is 0 Å². The second-order valence-corrected chi connectivity index (χ2v) is 4.34. The molecule has 10 nitrogen and oxygen atoms in total. The first-order valence-corrected chi connectivity index (χ1v) is 6.01. The second-order valence-electron chi connectivity index (χ2n) is 4.34. The average Bonchev–Trinajstić information content (AvgIpc) is 2.49. The summed E-state index contributed by atoms with van der Waals surface area (Å²) in [6.45, 7) is 0. The predicted octanol–water partition coefficient (Wildman–Crippen LogP) is 1.12. The van der Waals surface area contributed by atoms with E-state index in [9.17, 15) is 9.59 Å². The molecule has 0 aliphatic heterocycles. The van der Waals surface area contributed by atoms with Gasteiger partial charge in [0.15, 0.2) is 34.5 Å². The third kappa shape index (κ3) is 5.28. The second kappa shape index (κ2) is 8.40. The lowest BCUT2D eigenvalue weighted by atomic mass is 10.2. The first-order chi connectivity index (χ1) is 11.0. The zero-order chi connectivity index (χ0) is 18.6. The molecule has 0 atom stereocenters. The fourth-order valence-electron chi connectivity index (χ4n) is 1.46. The van der Waals surface area contributed by atoms with Gasteiger partial charge in [0.05, 0.1) is 11.1 Å². The standard InChI is InChI=1S/2C7H6O5.H2S/c2*8-4-1-3(7(11)12)2-5(9)6(4)10;/h2*1-2,8-10H,(H,11,12);1H2. The summed E-state index contributed by atoms with van der Waals surface area (Å²) in [7, 11) is 0. The Morgan fingerprint density at radius 3 is 0.920 bits per heavy atom. The molecule has 2 rings (SSSR count). The normalized spacial score (nSPS) is 9.28. The van der Waals surface area contributed by atoms with Crippen molar-refractivity contribution in [2.24, 2.45) is 0 Å². The largest absolute Gasteiger partial charge is 0.504 e. The lowest BCUT2D eigenvalue weighted by molar-refractivity contribution is 0.0685. The summed E-state index contributed by atoms with van der Waals surface area (Å²) in [6.07, 6.45) is 0. The molecule has 0 aromatic heterocycles. The molecule has 0 saturated heterocycles. The van der Waals surface area contributed by atoms with Gasteiger partial charge in [-0.15, -0.1) is 0 Å². The average molecular weight is 374 g/mol. The summed E-state index contributed by atoms with van der Waals surface area (Å²) in [6, 6.07) is 3.38. The molecule has 0 aliphatic carbocycles. The number of phenols is 6. The van der Waals surface area contributed by atoms with E-state index >= 15 is 0 Å². The molecule has 0 aliphatic rings. The van der Waals surface area contributed by atoms with Gasteiger partial charge in [-0.2, -0.15) is 13.5 Å². The van der Waals surface area contributed by atoms with Gasteiger partial charge in [-0.1, -0.05) is 0 Å². The number of aromatic hydroxyl groups is 6. The van der Waals surface area contributed by atoms with Gasteiger partial charge >= 0.3 is 11.9 Å². The van der Waals surface area contributed by atoms with Gasteiger partial charge in [-0.3, -0.25) is 0 Å². The van der Waals surface area contributed by atoms with Crippen LogP contribution in [0.3, 0.4) is 0 Å². The number of phenolic OH excluding ortho intramolecular Hbond substituents is 6. The van der Waals surface area contributed by atoms with Gasteiger partial charge in [-0.05, 0) is 24.3 Å². The quantitative estimate of drug-likeness (QED) is 0.353. The van der Waals surface area contributed by atoms with E-state index in [0.29, 0.717) is 0 Å². The predicted molar refractivity (Wildman–Crippen MR) is 87.2 cm³/mol. The Morgan fingerprint density at radius 1 is 0.560 bits per heavy atom. The molecule has 0 bridgehead atoms. The van der Waals surface area contributed by atoms with Crippen molar-refractivity contribution >= 4 is 25.4 Å². The van der Waals surface area contributed by atoms with Gasteiger partial charge < -0.3 is 40.9 Å². The van der Waals surface area contributed by atoms with Crippen LogP contribution in [0.4, 0.5) is 0 Å². The van der Waals surface area contributed by atoms with Gasteiger partial charge in [0.1, 0.15) is 0 Å². The molecule has 25 heavy (non-hydrogen) atoms. The van der Waals surface area contributed by atoms with Crippen molar-refractivity contribution in [1.82, 2.24) is 0 Å². The minimum atomic E-state index is -1.29. The molecule has 0 fully saturated rings. The van der Waals surface area contributed by atoms with Crippen LogP contribution < -0.4 is 0 Å². The molecule has 0 spiro atoms. The summed E-state index contributed by atoms with van der Waals surface area (Å²) in [5.41, 5.74) is -0.578. The van der Waals surface area contributed by atoms with Crippen LogP contribution in [0.25, 0.3) is 0 Å². The van der Waals surface area contributed by atoms with Crippen LogP contribution >= 0.6 is 13.5 Å². The molecule has 0 saturated carbocycles. The molecular formula is C14H14O10S. The number of carbonyl (C=O) groups is 2. The molecule has 2 aromatic rings. The van der Waals surface area contributed by atoms with Crippen molar-refractivity contribution in [3.05, 3.63) is 35.4 Å². The number of benzene rings is 2. The monoisotopic (exact) mass is 374 g/mol. The Kier molecular flexibility index (Phi) is 7.24. The molecule has 2 aromatic carbocycles. The number of carboxylic acid groups (broad SMARTS) is 2. The molecule has 136 valence electrons. The Bertz CT molecular complexity index is 689. The number of hydrogen-bond acceptors (Lipinski definition) is 8. The van der Waals surface area contributed by atoms with E-state index in [4.69, 9.17) is 40.9 Å². The summed E-state index contributed by atoms with van der Waals surface area (Å²) >= 11 is 0. The van der Waals surface area contributed by atoms with E-state index in [2.05, 4.69) is 0 Å². The maximum Gasteiger partial charge on any atom is 0.335 e. The van der Waals surface area contributed by atoms with Crippen LogP contribution in [-0.4, -0.2) is 52.8 Å². The van der Waals surface area contributed by atoms with E-state index in [1.165, 1.54) is 0 Å². The first kappa shape index (κ1) is 21.5. The zero-order valence-electron chi connectivity index (χ0n) is 12.2. The molecule has 0 radical (unpaired) electrons. The number of carboxylic acids is 2. The smallest absolute Gasteiger partial charge is 0.335 e. The molecule has 0 unspecified atom stereocenters. The minimum Gasteiger partial charge on any atom is -0.504 e. The van der Waals surface area contributed by atoms with Crippen molar-refractivity contribution in [2.45, 2.75) is 0 Å². The topological polar surface area (TPSA) is 196 Å². The van der Waals surface area contributed by atoms with Crippen molar-refractivity contribution in [2.75, 3.05) is 0 Å². The van der Waals surface area contributed by atoms with Crippen LogP contribution in [-0.2, 0) is 0 Å². The maximum absolute atomic E-state index is 10.3. The number of hydrogen-bond donors (Lipinski definition) is 8. The summed E-state index contributed by atoms with van der Waals surface area (Å²) in [4.78, 5) is 20.6. The van der Waals surface area contributed by atoms with Crippen LogP contribution in [0, 0.1) is 0 Å². The van der Waals surface area contributed by atoms with Crippen molar-refractivity contribution in [3.63, 3.8) is 0 Å². The highest BCUT2D eigenvalue weighted by Crippen LogP contribution is 2.35. The summed E-state index contributed by atoms with van der Waals surface area (Å²) < 4.78 is 0. The van der Waals surface area contributed by atoms with E-state index in [0.717, 1.165) is 24.3 Å². The van der Waals surface area contributed by atoms with Crippen LogP contribution in [0.1, 0.15) is 20.7 Å². The Hall–Kier alpha value is -3.47. The highest BCUT2D eigenvalue weighted by Gasteiger charge is 2.12. The Balaban J connectivity index is 0.000000443. The highest BCUT2D eigenvalue weighted by molar-refractivity contribution is 7.59. The van der Waals surface area contributed by atoms with Crippen LogP contribution in [0.5, 0.6) is 34.5 Å². The third-order valence-corrected chi connectivity index (χ3v) is 2.63. The highest BCUT2D eigenvalue weighted by atomic mass is 32.1. The van der Waals surface area contributed by atoms with Gasteiger partial charge in [-0.25, -0.2) is 9.59 Å². The van der Waals surface area contributed by atoms with E-state index in [1.54, 1.807) is 0 Å². The first-order valence-electron chi connectivity index (χ1n) is 6.01. The Labute approximate surface area is 146 Å². The molecule has 8 N–H and O–H groups in total. The number of rotatable bonds is 2. The molecule has 0 amide bonds. The van der Waals surface area contributed by atoms with Crippen molar-refractivity contribution < 1.29 is 50.4 Å². The minimum absolute atomic E-state index is 0. The van der Waals surface area contributed by atoms with Crippen LogP contribution in [0.15, 0.2) is 24.3 Å². The summed E-state index contributed by atoms with van der Waals surface area (Å²) in [5, 5.41) is 69.9. The summed E-state index contributed by atoms with van der Waals surface area (Å²) in [5.74, 6) is -6.67. The fraction of sp³-hybridized carbons (Fsp3) is 0. The third-order valence-electron chi connectivity index (χ3n) is 2.63. The molecule has 0 heterocycles. The lowest BCUT2D eigenvalue weighted by Gasteiger charge is -2.01. The van der Waals surface area contributed by atoms with Crippen LogP contribution in [0.2, 0.25) is 0 Å². The Morgan fingerprint density at radius 2 is 0.760 bits per heavy atom. The van der Waals surface area contributed by atoms with E-state index in [1.807, 2.05) is 0 Å².